The number of aryl methyl sites for hydroxylation is 1. The van der Waals surface area contributed by atoms with Crippen molar-refractivity contribution in [3.63, 3.8) is 0 Å². The zero-order valence-electron chi connectivity index (χ0n) is 11.0. The molecule has 19 heavy (non-hydrogen) atoms. The smallest absolute Gasteiger partial charge is 0.397 e. The predicted molar refractivity (Wildman–Crippen MR) is 67.0 cm³/mol. The number of methoxy groups -OCH3 is 1. The average molecular weight is 262 g/mol. The molecule has 0 N–H and O–H groups in total. The van der Waals surface area contributed by atoms with E-state index in [2.05, 4.69) is 10.1 Å². The third kappa shape index (κ3) is 2.73. The number of hydrogen-bond donors (Lipinski definition) is 0. The lowest BCUT2D eigenvalue weighted by atomic mass is 10.1. The van der Waals surface area contributed by atoms with Gasteiger partial charge in [-0.3, -0.25) is 0 Å². The van der Waals surface area contributed by atoms with Gasteiger partial charge in [0.25, 0.3) is 0 Å². The Morgan fingerprint density at radius 3 is 2.84 bits per heavy atom. The molecule has 1 heterocycles. The van der Waals surface area contributed by atoms with Gasteiger partial charge in [-0.1, -0.05) is 5.16 Å². The van der Waals surface area contributed by atoms with E-state index in [0.717, 1.165) is 16.9 Å². The fraction of sp³-hybridized carbons (Fsp3) is 0.308. The summed E-state index contributed by atoms with van der Waals surface area (Å²) in [5.74, 6) is 0.332. The van der Waals surface area contributed by atoms with Gasteiger partial charge in [0.05, 0.1) is 13.7 Å². The zero-order valence-corrected chi connectivity index (χ0v) is 11.0. The molecule has 0 aliphatic rings. The molecule has 1 aromatic heterocycles. The van der Waals surface area contributed by atoms with Crippen molar-refractivity contribution in [3.05, 3.63) is 29.7 Å². The number of carbonyl (C=O) groups excluding carboxylic acids is 1. The summed E-state index contributed by atoms with van der Waals surface area (Å²) in [6.45, 7) is 3.87. The average Bonchev–Trinajstić information content (AvgIpc) is 2.88. The van der Waals surface area contributed by atoms with Gasteiger partial charge in [0, 0.05) is 5.56 Å². The molecular formula is C13H14N2O4. The van der Waals surface area contributed by atoms with Crippen molar-refractivity contribution in [1.29, 1.82) is 0 Å². The van der Waals surface area contributed by atoms with Crippen LogP contribution in [0, 0.1) is 6.92 Å². The van der Waals surface area contributed by atoms with E-state index in [9.17, 15) is 4.79 Å². The highest BCUT2D eigenvalue weighted by Crippen LogP contribution is 2.24. The number of benzene rings is 1. The van der Waals surface area contributed by atoms with E-state index < -0.39 is 5.97 Å². The van der Waals surface area contributed by atoms with E-state index in [1.165, 1.54) is 0 Å². The van der Waals surface area contributed by atoms with Crippen molar-refractivity contribution in [1.82, 2.24) is 10.1 Å². The molecule has 2 rings (SSSR count). The van der Waals surface area contributed by atoms with Crippen molar-refractivity contribution in [2.24, 2.45) is 0 Å². The highest BCUT2D eigenvalue weighted by atomic mass is 16.6. The summed E-state index contributed by atoms with van der Waals surface area (Å²) in [6.07, 6.45) is 0. The van der Waals surface area contributed by atoms with E-state index in [0.29, 0.717) is 5.82 Å². The van der Waals surface area contributed by atoms with Crippen LogP contribution < -0.4 is 4.74 Å². The normalized spacial score (nSPS) is 10.3. The number of ether oxygens (including phenoxy) is 2. The second-order valence-electron chi connectivity index (χ2n) is 3.82. The van der Waals surface area contributed by atoms with Gasteiger partial charge in [-0.25, -0.2) is 4.79 Å². The van der Waals surface area contributed by atoms with Crippen LogP contribution in [-0.2, 0) is 4.74 Å². The lowest BCUT2D eigenvalue weighted by Crippen LogP contribution is -2.04. The van der Waals surface area contributed by atoms with E-state index >= 15 is 0 Å². The summed E-state index contributed by atoms with van der Waals surface area (Å²) in [5.41, 5.74) is 1.70. The summed E-state index contributed by atoms with van der Waals surface area (Å²) in [5, 5.41) is 3.78. The molecule has 0 bridgehead atoms. The van der Waals surface area contributed by atoms with Crippen LogP contribution >= 0.6 is 0 Å². The predicted octanol–water partition coefficient (Wildman–Crippen LogP) is 2.23. The van der Waals surface area contributed by atoms with E-state index in [1.54, 1.807) is 20.1 Å². The molecule has 1 aromatic carbocycles. The lowest BCUT2D eigenvalue weighted by molar-refractivity contribution is 0.0470. The molecule has 0 saturated heterocycles. The minimum Gasteiger partial charge on any atom is -0.497 e. The number of esters is 1. The Hall–Kier alpha value is -2.37. The van der Waals surface area contributed by atoms with E-state index in [4.69, 9.17) is 14.0 Å². The summed E-state index contributed by atoms with van der Waals surface area (Å²) in [7, 11) is 1.60. The SMILES string of the molecule is CCOC(=O)c1nc(-c2ccc(OC)cc2C)no1. The van der Waals surface area contributed by atoms with Crippen molar-refractivity contribution in [2.45, 2.75) is 13.8 Å². The standard InChI is InChI=1S/C13H14N2O4/c1-4-18-13(16)12-14-11(15-19-12)10-6-5-9(17-3)7-8(10)2/h5-7H,4H2,1-3H3. The molecule has 0 amide bonds. The van der Waals surface area contributed by atoms with Crippen molar-refractivity contribution >= 4 is 5.97 Å². The van der Waals surface area contributed by atoms with Crippen molar-refractivity contribution in [2.75, 3.05) is 13.7 Å². The van der Waals surface area contributed by atoms with Gasteiger partial charge >= 0.3 is 11.9 Å². The Morgan fingerprint density at radius 2 is 2.21 bits per heavy atom. The molecule has 0 saturated carbocycles. The molecule has 6 nitrogen and oxygen atoms in total. The largest absolute Gasteiger partial charge is 0.497 e. The van der Waals surface area contributed by atoms with Gasteiger partial charge in [-0.15, -0.1) is 0 Å². The van der Waals surface area contributed by atoms with Crippen molar-refractivity contribution < 1.29 is 18.8 Å². The molecular weight excluding hydrogens is 248 g/mol. The number of rotatable bonds is 4. The maximum absolute atomic E-state index is 11.4. The van der Waals surface area contributed by atoms with E-state index in [1.807, 2.05) is 19.1 Å². The van der Waals surface area contributed by atoms with Gasteiger partial charge in [-0.05, 0) is 37.6 Å². The van der Waals surface area contributed by atoms with Crippen LogP contribution in [0.3, 0.4) is 0 Å². The minimum atomic E-state index is -0.618. The molecule has 2 aromatic rings. The highest BCUT2D eigenvalue weighted by molar-refractivity contribution is 5.84. The first kappa shape index (κ1) is 13.1. The first-order valence-corrected chi connectivity index (χ1v) is 5.81. The maximum Gasteiger partial charge on any atom is 0.397 e. The number of hydrogen-bond acceptors (Lipinski definition) is 6. The Kier molecular flexibility index (Phi) is 3.79. The summed E-state index contributed by atoms with van der Waals surface area (Å²) in [4.78, 5) is 15.5. The molecule has 0 fully saturated rings. The molecule has 100 valence electrons. The zero-order chi connectivity index (χ0) is 13.8. The van der Waals surface area contributed by atoms with Crippen LogP contribution in [0.15, 0.2) is 22.7 Å². The number of carbonyl (C=O) groups is 1. The Labute approximate surface area is 110 Å². The summed E-state index contributed by atoms with van der Waals surface area (Å²) in [6, 6.07) is 5.46. The maximum atomic E-state index is 11.4. The van der Waals surface area contributed by atoms with Crippen LogP contribution in [0.5, 0.6) is 5.75 Å². The topological polar surface area (TPSA) is 74.5 Å². The highest BCUT2D eigenvalue weighted by Gasteiger charge is 2.18. The quantitative estimate of drug-likeness (QED) is 0.786. The fourth-order valence-corrected chi connectivity index (χ4v) is 1.62. The number of nitrogens with zero attached hydrogens (tertiary/aromatic N) is 2. The second-order valence-corrected chi connectivity index (χ2v) is 3.82. The van der Waals surface area contributed by atoms with Crippen LogP contribution in [0.2, 0.25) is 0 Å². The third-order valence-electron chi connectivity index (χ3n) is 2.55. The lowest BCUT2D eigenvalue weighted by Gasteiger charge is -2.04. The van der Waals surface area contributed by atoms with Gasteiger partial charge in [0.15, 0.2) is 0 Å². The molecule has 0 spiro atoms. The Bertz CT molecular complexity index is 592. The molecule has 0 atom stereocenters. The monoisotopic (exact) mass is 262 g/mol. The molecule has 6 heteroatoms. The molecule has 0 aliphatic carbocycles. The van der Waals surface area contributed by atoms with Crippen molar-refractivity contribution in [3.8, 4) is 17.1 Å². The minimum absolute atomic E-state index is 0.146. The molecule has 0 radical (unpaired) electrons. The van der Waals surface area contributed by atoms with Crippen LogP contribution in [0.1, 0.15) is 23.2 Å². The van der Waals surface area contributed by atoms with Gasteiger partial charge < -0.3 is 14.0 Å². The molecule has 0 unspecified atom stereocenters. The fourth-order valence-electron chi connectivity index (χ4n) is 1.62. The second kappa shape index (κ2) is 5.51. The van der Waals surface area contributed by atoms with Crippen LogP contribution in [0.4, 0.5) is 0 Å². The van der Waals surface area contributed by atoms with Crippen LogP contribution in [-0.4, -0.2) is 29.8 Å². The third-order valence-corrected chi connectivity index (χ3v) is 2.55. The van der Waals surface area contributed by atoms with Gasteiger partial charge in [-0.2, -0.15) is 4.98 Å². The first-order chi connectivity index (χ1) is 9.15. The first-order valence-electron chi connectivity index (χ1n) is 5.81. The Balaban J connectivity index is 2.30. The van der Waals surface area contributed by atoms with Crippen LogP contribution in [0.25, 0.3) is 11.4 Å². The molecule has 0 aliphatic heterocycles. The van der Waals surface area contributed by atoms with Gasteiger partial charge in [0.1, 0.15) is 5.75 Å². The van der Waals surface area contributed by atoms with E-state index in [-0.39, 0.29) is 12.5 Å². The summed E-state index contributed by atoms with van der Waals surface area (Å²) >= 11 is 0. The summed E-state index contributed by atoms with van der Waals surface area (Å²) < 4.78 is 14.8. The Morgan fingerprint density at radius 1 is 1.42 bits per heavy atom. The van der Waals surface area contributed by atoms with Gasteiger partial charge in [0.2, 0.25) is 5.82 Å². The number of aromatic nitrogens is 2.